The molecule has 2 aromatic rings. The van der Waals surface area contributed by atoms with Crippen LogP contribution in [0.4, 0.5) is 0 Å². The summed E-state index contributed by atoms with van der Waals surface area (Å²) in [5.41, 5.74) is 4.38. The molecular formula is C24H34O3Si. The van der Waals surface area contributed by atoms with E-state index in [1.54, 1.807) is 0 Å². The molecule has 0 aliphatic heterocycles. The van der Waals surface area contributed by atoms with Crippen LogP contribution in [0, 0.1) is 0 Å². The highest BCUT2D eigenvalue weighted by Gasteiger charge is 2.46. The molecular weight excluding hydrogens is 364 g/mol. The summed E-state index contributed by atoms with van der Waals surface area (Å²) in [6.07, 6.45) is 0. The lowest BCUT2D eigenvalue weighted by molar-refractivity contribution is 0.0526. The third kappa shape index (κ3) is 4.66. The highest BCUT2D eigenvalue weighted by atomic mass is 28.4. The molecule has 0 aliphatic carbocycles. The van der Waals surface area contributed by atoms with Gasteiger partial charge in [-0.05, 0) is 58.9 Å². The Labute approximate surface area is 171 Å². The average Bonchev–Trinajstić information content (AvgIpc) is 2.66. The molecule has 0 fully saturated rings. The van der Waals surface area contributed by atoms with Gasteiger partial charge in [-0.15, -0.1) is 0 Å². The summed E-state index contributed by atoms with van der Waals surface area (Å²) in [6, 6.07) is 15.9. The molecule has 0 N–H and O–H groups in total. The molecule has 0 heterocycles. The first-order chi connectivity index (χ1) is 13.2. The summed E-state index contributed by atoms with van der Waals surface area (Å²) < 4.78 is 11.8. The van der Waals surface area contributed by atoms with E-state index in [0.29, 0.717) is 28.8 Å². The number of carbonyl (C=O) groups is 1. The summed E-state index contributed by atoms with van der Waals surface area (Å²) in [6.45, 7) is 16.0. The molecule has 0 unspecified atom stereocenters. The topological polar surface area (TPSA) is 35.5 Å². The van der Waals surface area contributed by atoms with Crippen molar-refractivity contribution in [3.8, 4) is 16.9 Å². The van der Waals surface area contributed by atoms with E-state index >= 15 is 0 Å². The summed E-state index contributed by atoms with van der Waals surface area (Å²) in [4.78, 5) is 11.8. The predicted octanol–water partition coefficient (Wildman–Crippen LogP) is 7.08. The first-order valence-electron chi connectivity index (χ1n) is 10.3. The fourth-order valence-electron chi connectivity index (χ4n) is 4.29. The average molecular weight is 399 g/mol. The lowest BCUT2D eigenvalue weighted by atomic mass is 10.0. The fraction of sp³-hybridized carbons (Fsp3) is 0.458. The molecule has 0 bridgehead atoms. The van der Waals surface area contributed by atoms with Gasteiger partial charge in [0, 0.05) is 0 Å². The minimum absolute atomic E-state index is 0.282. The number of esters is 1. The first-order valence-corrected chi connectivity index (χ1v) is 12.4. The van der Waals surface area contributed by atoms with Crippen LogP contribution in [0.5, 0.6) is 5.75 Å². The molecule has 0 spiro atoms. The molecule has 0 atom stereocenters. The van der Waals surface area contributed by atoms with Gasteiger partial charge in [-0.25, -0.2) is 4.79 Å². The van der Waals surface area contributed by atoms with E-state index in [1.807, 2.05) is 31.2 Å². The number of carbonyl (C=O) groups excluding carboxylic acids is 1. The van der Waals surface area contributed by atoms with Crippen LogP contribution in [0.2, 0.25) is 16.6 Å². The van der Waals surface area contributed by atoms with Gasteiger partial charge in [0.1, 0.15) is 5.75 Å². The maximum Gasteiger partial charge on any atom is 0.338 e. The van der Waals surface area contributed by atoms with Gasteiger partial charge in [0.2, 0.25) is 0 Å². The van der Waals surface area contributed by atoms with Gasteiger partial charge in [0.25, 0.3) is 8.32 Å². The quantitative estimate of drug-likeness (QED) is 0.352. The summed E-state index contributed by atoms with van der Waals surface area (Å²) in [7, 11) is -1.94. The monoisotopic (exact) mass is 398 g/mol. The van der Waals surface area contributed by atoms with Crippen LogP contribution in [0.1, 0.15) is 58.8 Å². The molecule has 0 aromatic heterocycles. The zero-order valence-corrected chi connectivity index (χ0v) is 19.3. The van der Waals surface area contributed by atoms with Gasteiger partial charge in [0.05, 0.1) is 12.2 Å². The SMILES string of the molecule is CCOC(=O)c1ccc(-c2ccc(O[Si](C(C)C)(C(C)C)C(C)C)cc2)cc1. The standard InChI is InChI=1S/C24H34O3Si/c1-8-26-24(25)22-11-9-20(10-12-22)21-13-15-23(16-14-21)27-28(17(2)3,18(4)5)19(6)7/h9-19H,8H2,1-7H3. The third-order valence-corrected chi connectivity index (χ3v) is 11.6. The number of ether oxygens (including phenoxy) is 1. The fourth-order valence-corrected chi connectivity index (χ4v) is 9.54. The molecule has 2 rings (SSSR count). The number of hydrogen-bond donors (Lipinski definition) is 0. The molecule has 28 heavy (non-hydrogen) atoms. The minimum Gasteiger partial charge on any atom is -0.543 e. The van der Waals surface area contributed by atoms with E-state index in [0.717, 1.165) is 16.9 Å². The molecule has 0 radical (unpaired) electrons. The molecule has 152 valence electrons. The lowest BCUT2D eigenvalue weighted by Gasteiger charge is -2.42. The molecule has 4 heteroatoms. The number of rotatable bonds is 8. The van der Waals surface area contributed by atoms with Crippen molar-refractivity contribution in [2.75, 3.05) is 6.61 Å². The van der Waals surface area contributed by atoms with E-state index < -0.39 is 8.32 Å². The van der Waals surface area contributed by atoms with E-state index in [-0.39, 0.29) is 5.97 Å². The molecule has 0 aliphatic rings. The van der Waals surface area contributed by atoms with Crippen molar-refractivity contribution in [2.24, 2.45) is 0 Å². The van der Waals surface area contributed by atoms with Gasteiger partial charge in [-0.2, -0.15) is 0 Å². The van der Waals surface area contributed by atoms with Gasteiger partial charge in [-0.3, -0.25) is 0 Å². The van der Waals surface area contributed by atoms with Gasteiger partial charge < -0.3 is 9.16 Å². The number of benzene rings is 2. The Morgan fingerprint density at radius 3 is 1.61 bits per heavy atom. The zero-order valence-electron chi connectivity index (χ0n) is 18.3. The second-order valence-corrected chi connectivity index (χ2v) is 13.6. The number of hydrogen-bond acceptors (Lipinski definition) is 3. The lowest BCUT2D eigenvalue weighted by Crippen LogP contribution is -2.50. The van der Waals surface area contributed by atoms with Gasteiger partial charge in [-0.1, -0.05) is 65.8 Å². The molecule has 2 aromatic carbocycles. The van der Waals surface area contributed by atoms with Crippen LogP contribution in [0.15, 0.2) is 48.5 Å². The Morgan fingerprint density at radius 1 is 0.786 bits per heavy atom. The molecule has 0 amide bonds. The van der Waals surface area contributed by atoms with E-state index in [2.05, 4.69) is 65.8 Å². The van der Waals surface area contributed by atoms with Crippen LogP contribution in [0.25, 0.3) is 11.1 Å². The third-order valence-electron chi connectivity index (χ3n) is 5.59. The smallest absolute Gasteiger partial charge is 0.338 e. The first kappa shape index (κ1) is 22.2. The molecule has 0 saturated carbocycles. The van der Waals surface area contributed by atoms with Crippen molar-refractivity contribution in [2.45, 2.75) is 65.1 Å². The predicted molar refractivity (Wildman–Crippen MR) is 120 cm³/mol. The van der Waals surface area contributed by atoms with Crippen molar-refractivity contribution >= 4 is 14.3 Å². The largest absolute Gasteiger partial charge is 0.543 e. The van der Waals surface area contributed by atoms with E-state index in [1.165, 1.54) is 0 Å². The Morgan fingerprint density at radius 2 is 1.21 bits per heavy atom. The highest BCUT2D eigenvalue weighted by Crippen LogP contribution is 2.42. The Hall–Kier alpha value is -2.07. The second kappa shape index (κ2) is 9.42. The van der Waals surface area contributed by atoms with E-state index in [9.17, 15) is 4.79 Å². The zero-order chi connectivity index (χ0) is 20.9. The highest BCUT2D eigenvalue weighted by molar-refractivity contribution is 6.78. The summed E-state index contributed by atoms with van der Waals surface area (Å²) >= 11 is 0. The van der Waals surface area contributed by atoms with Gasteiger partial charge >= 0.3 is 5.97 Å². The van der Waals surface area contributed by atoms with E-state index in [4.69, 9.17) is 9.16 Å². The second-order valence-electron chi connectivity index (χ2n) is 8.24. The van der Waals surface area contributed by atoms with Crippen molar-refractivity contribution in [1.29, 1.82) is 0 Å². The van der Waals surface area contributed by atoms with Crippen molar-refractivity contribution in [3.05, 3.63) is 54.1 Å². The van der Waals surface area contributed by atoms with Crippen molar-refractivity contribution in [1.82, 2.24) is 0 Å². The van der Waals surface area contributed by atoms with Crippen LogP contribution in [0.3, 0.4) is 0 Å². The maximum atomic E-state index is 11.8. The molecule has 3 nitrogen and oxygen atoms in total. The summed E-state index contributed by atoms with van der Waals surface area (Å²) in [5, 5.41) is 0. The molecule has 0 saturated heterocycles. The normalized spacial score (nSPS) is 11.9. The Balaban J connectivity index is 2.22. The van der Waals surface area contributed by atoms with Crippen LogP contribution in [-0.4, -0.2) is 20.9 Å². The summed E-state index contributed by atoms with van der Waals surface area (Å²) in [5.74, 6) is 0.671. The minimum atomic E-state index is -1.94. The van der Waals surface area contributed by atoms with Crippen LogP contribution < -0.4 is 4.43 Å². The van der Waals surface area contributed by atoms with Gasteiger partial charge in [0.15, 0.2) is 0 Å². The Kier molecular flexibility index (Phi) is 7.47. The maximum absolute atomic E-state index is 11.8. The van der Waals surface area contributed by atoms with Crippen molar-refractivity contribution in [3.63, 3.8) is 0 Å². The Bertz CT molecular complexity index is 740. The van der Waals surface area contributed by atoms with Crippen LogP contribution >= 0.6 is 0 Å². The van der Waals surface area contributed by atoms with Crippen LogP contribution in [-0.2, 0) is 4.74 Å². The van der Waals surface area contributed by atoms with Crippen molar-refractivity contribution < 1.29 is 14.0 Å².